The maximum atomic E-state index is 5.51. The molecule has 1 aliphatic carbocycles. The second-order valence-corrected chi connectivity index (χ2v) is 3.68. The largest absolute Gasteiger partial charge is 0.271 e. The van der Waals surface area contributed by atoms with Crippen molar-refractivity contribution >= 4 is 0 Å². The fourth-order valence-electron chi connectivity index (χ4n) is 2.11. The van der Waals surface area contributed by atoms with Gasteiger partial charge in [0.1, 0.15) is 0 Å². The van der Waals surface area contributed by atoms with Crippen molar-refractivity contribution in [2.24, 2.45) is 11.8 Å². The van der Waals surface area contributed by atoms with Gasteiger partial charge in [0, 0.05) is 6.04 Å². The van der Waals surface area contributed by atoms with Crippen molar-refractivity contribution in [3.63, 3.8) is 0 Å². The molecule has 0 heterocycles. The SMILES string of the molecule is C=CCCC(NN)C1CCCC1. The summed E-state index contributed by atoms with van der Waals surface area (Å²) in [6.45, 7) is 3.72. The maximum absolute atomic E-state index is 5.51. The van der Waals surface area contributed by atoms with Crippen LogP contribution in [0.15, 0.2) is 12.7 Å². The molecule has 3 N–H and O–H groups in total. The molecule has 0 spiro atoms. The lowest BCUT2D eigenvalue weighted by molar-refractivity contribution is 0.346. The number of rotatable bonds is 5. The second kappa shape index (κ2) is 5.33. The molecular formula is C10H20N2. The van der Waals surface area contributed by atoms with Crippen molar-refractivity contribution < 1.29 is 0 Å². The Kier molecular flexibility index (Phi) is 4.33. The topological polar surface area (TPSA) is 38.0 Å². The highest BCUT2D eigenvalue weighted by atomic mass is 15.2. The highest BCUT2D eigenvalue weighted by molar-refractivity contribution is 4.81. The Morgan fingerprint density at radius 3 is 2.67 bits per heavy atom. The summed E-state index contributed by atoms with van der Waals surface area (Å²) in [5, 5.41) is 0. The third-order valence-electron chi connectivity index (χ3n) is 2.86. The zero-order chi connectivity index (χ0) is 8.81. The van der Waals surface area contributed by atoms with Crippen LogP contribution in [0.4, 0.5) is 0 Å². The fraction of sp³-hybridized carbons (Fsp3) is 0.800. The molecular weight excluding hydrogens is 148 g/mol. The van der Waals surface area contributed by atoms with E-state index in [0.717, 1.165) is 18.8 Å². The van der Waals surface area contributed by atoms with Gasteiger partial charge in [-0.1, -0.05) is 18.9 Å². The van der Waals surface area contributed by atoms with E-state index in [9.17, 15) is 0 Å². The lowest BCUT2D eigenvalue weighted by atomic mass is 9.95. The first kappa shape index (κ1) is 9.75. The van der Waals surface area contributed by atoms with Gasteiger partial charge in [-0.05, 0) is 31.6 Å². The molecule has 0 aromatic carbocycles. The van der Waals surface area contributed by atoms with Crippen LogP contribution in [-0.2, 0) is 0 Å². The number of allylic oxidation sites excluding steroid dienone is 1. The van der Waals surface area contributed by atoms with Gasteiger partial charge in [0.05, 0.1) is 0 Å². The van der Waals surface area contributed by atoms with Crippen molar-refractivity contribution in [3.8, 4) is 0 Å². The third-order valence-corrected chi connectivity index (χ3v) is 2.86. The molecule has 0 amide bonds. The van der Waals surface area contributed by atoms with E-state index in [1.807, 2.05) is 6.08 Å². The summed E-state index contributed by atoms with van der Waals surface area (Å²) in [4.78, 5) is 0. The van der Waals surface area contributed by atoms with E-state index in [1.165, 1.54) is 25.7 Å². The minimum absolute atomic E-state index is 0.519. The monoisotopic (exact) mass is 168 g/mol. The predicted molar refractivity (Wildman–Crippen MR) is 52.5 cm³/mol. The van der Waals surface area contributed by atoms with Crippen LogP contribution >= 0.6 is 0 Å². The summed E-state index contributed by atoms with van der Waals surface area (Å²) in [5.74, 6) is 6.32. The van der Waals surface area contributed by atoms with Crippen LogP contribution in [0.1, 0.15) is 38.5 Å². The molecule has 0 saturated heterocycles. The molecule has 1 atom stereocenters. The van der Waals surface area contributed by atoms with Crippen LogP contribution in [0.2, 0.25) is 0 Å². The molecule has 12 heavy (non-hydrogen) atoms. The van der Waals surface area contributed by atoms with E-state index in [0.29, 0.717) is 6.04 Å². The van der Waals surface area contributed by atoms with Crippen LogP contribution in [-0.4, -0.2) is 6.04 Å². The number of nitrogens with one attached hydrogen (secondary N) is 1. The molecule has 0 radical (unpaired) electrons. The Morgan fingerprint density at radius 2 is 2.17 bits per heavy atom. The summed E-state index contributed by atoms with van der Waals surface area (Å²) >= 11 is 0. The smallest absolute Gasteiger partial charge is 0.0241 e. The van der Waals surface area contributed by atoms with Crippen molar-refractivity contribution in [2.45, 2.75) is 44.6 Å². The lowest BCUT2D eigenvalue weighted by Gasteiger charge is -2.21. The van der Waals surface area contributed by atoms with E-state index < -0.39 is 0 Å². The van der Waals surface area contributed by atoms with E-state index in [2.05, 4.69) is 12.0 Å². The minimum atomic E-state index is 0.519. The number of hydrogen-bond donors (Lipinski definition) is 2. The minimum Gasteiger partial charge on any atom is -0.271 e. The first-order valence-electron chi connectivity index (χ1n) is 4.95. The molecule has 0 aromatic heterocycles. The van der Waals surface area contributed by atoms with E-state index in [1.54, 1.807) is 0 Å². The van der Waals surface area contributed by atoms with Gasteiger partial charge < -0.3 is 0 Å². The number of hydrogen-bond acceptors (Lipinski definition) is 2. The molecule has 1 saturated carbocycles. The van der Waals surface area contributed by atoms with Crippen LogP contribution in [0.5, 0.6) is 0 Å². The van der Waals surface area contributed by atoms with Crippen molar-refractivity contribution in [1.29, 1.82) is 0 Å². The maximum Gasteiger partial charge on any atom is 0.0241 e. The summed E-state index contributed by atoms with van der Waals surface area (Å²) in [6.07, 6.45) is 9.67. The summed E-state index contributed by atoms with van der Waals surface area (Å²) in [6, 6.07) is 0.519. The van der Waals surface area contributed by atoms with Gasteiger partial charge in [-0.2, -0.15) is 0 Å². The normalized spacial score (nSPS) is 21.1. The van der Waals surface area contributed by atoms with Gasteiger partial charge in [0.25, 0.3) is 0 Å². The number of nitrogens with two attached hydrogens (primary N) is 1. The Balaban J connectivity index is 2.27. The number of hydrazine groups is 1. The standard InChI is InChI=1S/C10H20N2/c1-2-3-8-10(12-11)9-6-4-5-7-9/h2,9-10,12H,1,3-8,11H2. The molecule has 1 rings (SSSR count). The van der Waals surface area contributed by atoms with E-state index in [4.69, 9.17) is 5.84 Å². The molecule has 2 nitrogen and oxygen atoms in total. The first-order valence-corrected chi connectivity index (χ1v) is 4.95. The van der Waals surface area contributed by atoms with E-state index >= 15 is 0 Å². The molecule has 1 aliphatic rings. The molecule has 1 unspecified atom stereocenters. The zero-order valence-electron chi connectivity index (χ0n) is 7.76. The first-order chi connectivity index (χ1) is 5.88. The summed E-state index contributed by atoms with van der Waals surface area (Å²) < 4.78 is 0. The van der Waals surface area contributed by atoms with Crippen molar-refractivity contribution in [3.05, 3.63) is 12.7 Å². The molecule has 2 heteroatoms. The van der Waals surface area contributed by atoms with E-state index in [-0.39, 0.29) is 0 Å². The van der Waals surface area contributed by atoms with Gasteiger partial charge in [0.15, 0.2) is 0 Å². The van der Waals surface area contributed by atoms with Crippen molar-refractivity contribution in [2.75, 3.05) is 0 Å². The summed E-state index contributed by atoms with van der Waals surface area (Å²) in [7, 11) is 0. The Bertz CT molecular complexity index is 128. The van der Waals surface area contributed by atoms with Crippen molar-refractivity contribution in [1.82, 2.24) is 5.43 Å². The lowest BCUT2D eigenvalue weighted by Crippen LogP contribution is -2.39. The molecule has 1 fully saturated rings. The molecule has 0 aromatic rings. The van der Waals surface area contributed by atoms with Gasteiger partial charge in [0.2, 0.25) is 0 Å². The quantitative estimate of drug-likeness (QED) is 0.374. The predicted octanol–water partition coefficient (Wildman–Crippen LogP) is 1.97. The van der Waals surface area contributed by atoms with Gasteiger partial charge in [-0.15, -0.1) is 6.58 Å². The Labute approximate surface area is 75.2 Å². The molecule has 0 aliphatic heterocycles. The van der Waals surface area contributed by atoms with Crippen LogP contribution in [0.3, 0.4) is 0 Å². The van der Waals surface area contributed by atoms with Gasteiger partial charge in [-0.25, -0.2) is 0 Å². The third kappa shape index (κ3) is 2.61. The van der Waals surface area contributed by atoms with Gasteiger partial charge in [-0.3, -0.25) is 11.3 Å². The summed E-state index contributed by atoms with van der Waals surface area (Å²) in [5.41, 5.74) is 2.93. The zero-order valence-corrected chi connectivity index (χ0v) is 7.76. The van der Waals surface area contributed by atoms with Crippen LogP contribution in [0, 0.1) is 5.92 Å². The average molecular weight is 168 g/mol. The molecule has 70 valence electrons. The highest BCUT2D eigenvalue weighted by Gasteiger charge is 2.22. The van der Waals surface area contributed by atoms with Gasteiger partial charge >= 0.3 is 0 Å². The van der Waals surface area contributed by atoms with Crippen LogP contribution in [0.25, 0.3) is 0 Å². The average Bonchev–Trinajstić information content (AvgIpc) is 2.59. The Hall–Kier alpha value is -0.340. The van der Waals surface area contributed by atoms with Crippen LogP contribution < -0.4 is 11.3 Å². The second-order valence-electron chi connectivity index (χ2n) is 3.68. The fourth-order valence-corrected chi connectivity index (χ4v) is 2.11. The highest BCUT2D eigenvalue weighted by Crippen LogP contribution is 2.29. The molecule has 0 bridgehead atoms. The Morgan fingerprint density at radius 1 is 1.50 bits per heavy atom.